The summed E-state index contributed by atoms with van der Waals surface area (Å²) in [5.41, 5.74) is 0.545. The molecule has 0 aliphatic carbocycles. The molecule has 1 atom stereocenters. The van der Waals surface area contributed by atoms with Gasteiger partial charge in [0.15, 0.2) is 0 Å². The Morgan fingerprint density at radius 1 is 1.38 bits per heavy atom. The van der Waals surface area contributed by atoms with Gasteiger partial charge in [0, 0.05) is 19.7 Å². The molecular weight excluding hydrogens is 200 g/mol. The lowest BCUT2D eigenvalue weighted by Gasteiger charge is -2.37. The van der Waals surface area contributed by atoms with Crippen LogP contribution in [-0.2, 0) is 4.74 Å². The lowest BCUT2D eigenvalue weighted by atomic mass is 9.76. The number of nitrogens with one attached hydrogen (secondary N) is 2. The quantitative estimate of drug-likeness (QED) is 0.746. The Morgan fingerprint density at radius 3 is 2.81 bits per heavy atom. The summed E-state index contributed by atoms with van der Waals surface area (Å²) in [6.07, 6.45) is 6.91. The van der Waals surface area contributed by atoms with Crippen molar-refractivity contribution in [1.82, 2.24) is 10.6 Å². The zero-order valence-corrected chi connectivity index (χ0v) is 10.6. The summed E-state index contributed by atoms with van der Waals surface area (Å²) in [5.74, 6) is 0. The van der Waals surface area contributed by atoms with E-state index in [9.17, 15) is 0 Å². The molecule has 94 valence electrons. The Kier molecular flexibility index (Phi) is 4.62. The maximum absolute atomic E-state index is 5.63. The van der Waals surface area contributed by atoms with Crippen LogP contribution in [0.3, 0.4) is 0 Å². The largest absolute Gasteiger partial charge is 0.377 e. The third-order valence-corrected chi connectivity index (χ3v) is 4.31. The van der Waals surface area contributed by atoms with E-state index in [0.717, 1.165) is 13.2 Å². The molecule has 2 saturated heterocycles. The van der Waals surface area contributed by atoms with Crippen molar-refractivity contribution in [3.05, 3.63) is 0 Å². The fraction of sp³-hybridized carbons (Fsp3) is 1.00. The van der Waals surface area contributed by atoms with Gasteiger partial charge in [0.25, 0.3) is 0 Å². The van der Waals surface area contributed by atoms with Gasteiger partial charge < -0.3 is 15.4 Å². The van der Waals surface area contributed by atoms with E-state index in [1.807, 2.05) is 0 Å². The summed E-state index contributed by atoms with van der Waals surface area (Å²) in [6, 6.07) is 0. The minimum absolute atomic E-state index is 0.482. The zero-order valence-electron chi connectivity index (χ0n) is 10.6. The molecule has 3 nitrogen and oxygen atoms in total. The molecule has 0 aromatic carbocycles. The van der Waals surface area contributed by atoms with E-state index < -0.39 is 0 Å². The summed E-state index contributed by atoms with van der Waals surface area (Å²) in [6.45, 7) is 7.90. The fourth-order valence-electron chi connectivity index (χ4n) is 2.92. The Balaban J connectivity index is 1.69. The van der Waals surface area contributed by atoms with Crippen LogP contribution < -0.4 is 10.6 Å². The van der Waals surface area contributed by atoms with Crippen molar-refractivity contribution in [2.24, 2.45) is 5.41 Å². The number of hydrogen-bond donors (Lipinski definition) is 2. The van der Waals surface area contributed by atoms with Crippen LogP contribution in [0.4, 0.5) is 0 Å². The van der Waals surface area contributed by atoms with Gasteiger partial charge in [-0.05, 0) is 50.6 Å². The summed E-state index contributed by atoms with van der Waals surface area (Å²) in [4.78, 5) is 0. The molecule has 2 aliphatic heterocycles. The molecule has 0 amide bonds. The summed E-state index contributed by atoms with van der Waals surface area (Å²) in [7, 11) is 0. The average Bonchev–Trinajstić information content (AvgIpc) is 2.83. The molecule has 1 unspecified atom stereocenters. The highest BCUT2D eigenvalue weighted by atomic mass is 16.5. The molecule has 2 aliphatic rings. The standard InChI is InChI=1S/C13H26N2O/c1-2-13(5-7-14-8-6-13)11-15-10-12-4-3-9-16-12/h12,14-15H,2-11H2,1H3. The van der Waals surface area contributed by atoms with Gasteiger partial charge in [-0.15, -0.1) is 0 Å². The SMILES string of the molecule is CCC1(CNCC2CCCO2)CCNCC1. The van der Waals surface area contributed by atoms with Crippen molar-refractivity contribution >= 4 is 0 Å². The Bertz CT molecular complexity index is 196. The molecule has 2 fully saturated rings. The molecule has 3 heteroatoms. The fourth-order valence-corrected chi connectivity index (χ4v) is 2.92. The highest BCUT2D eigenvalue weighted by Gasteiger charge is 2.29. The monoisotopic (exact) mass is 226 g/mol. The third-order valence-electron chi connectivity index (χ3n) is 4.31. The molecule has 0 radical (unpaired) electrons. The molecular formula is C13H26N2O. The third kappa shape index (κ3) is 3.19. The van der Waals surface area contributed by atoms with Gasteiger partial charge in [-0.1, -0.05) is 6.92 Å². The van der Waals surface area contributed by atoms with E-state index in [1.165, 1.54) is 51.7 Å². The molecule has 0 saturated carbocycles. The lowest BCUT2D eigenvalue weighted by molar-refractivity contribution is 0.102. The van der Waals surface area contributed by atoms with Crippen LogP contribution in [-0.4, -0.2) is 38.9 Å². The van der Waals surface area contributed by atoms with Crippen LogP contribution in [0.2, 0.25) is 0 Å². The van der Waals surface area contributed by atoms with Gasteiger partial charge in [0.2, 0.25) is 0 Å². The van der Waals surface area contributed by atoms with Gasteiger partial charge in [-0.2, -0.15) is 0 Å². The first-order valence-electron chi connectivity index (χ1n) is 6.88. The first kappa shape index (κ1) is 12.3. The molecule has 2 rings (SSSR count). The summed E-state index contributed by atoms with van der Waals surface area (Å²) < 4.78 is 5.63. The maximum Gasteiger partial charge on any atom is 0.0700 e. The number of ether oxygens (including phenoxy) is 1. The van der Waals surface area contributed by atoms with E-state index in [1.54, 1.807) is 0 Å². The molecule has 0 spiro atoms. The van der Waals surface area contributed by atoms with Gasteiger partial charge in [-0.25, -0.2) is 0 Å². The normalized spacial score (nSPS) is 29.4. The average molecular weight is 226 g/mol. The highest BCUT2D eigenvalue weighted by Crippen LogP contribution is 2.31. The predicted octanol–water partition coefficient (Wildman–Crippen LogP) is 1.53. The molecule has 2 N–H and O–H groups in total. The van der Waals surface area contributed by atoms with Gasteiger partial charge in [0.05, 0.1) is 6.10 Å². The molecule has 0 aromatic rings. The molecule has 2 heterocycles. The second kappa shape index (κ2) is 5.99. The maximum atomic E-state index is 5.63. The predicted molar refractivity (Wildman–Crippen MR) is 66.7 cm³/mol. The van der Waals surface area contributed by atoms with E-state index in [0.29, 0.717) is 11.5 Å². The second-order valence-corrected chi connectivity index (χ2v) is 5.37. The van der Waals surface area contributed by atoms with E-state index in [-0.39, 0.29) is 0 Å². The Labute approximate surface area is 99.3 Å². The topological polar surface area (TPSA) is 33.3 Å². The van der Waals surface area contributed by atoms with Gasteiger partial charge in [-0.3, -0.25) is 0 Å². The van der Waals surface area contributed by atoms with Crippen LogP contribution in [0.1, 0.15) is 39.0 Å². The first-order valence-corrected chi connectivity index (χ1v) is 6.88. The van der Waals surface area contributed by atoms with Crippen LogP contribution in [0, 0.1) is 5.41 Å². The highest BCUT2D eigenvalue weighted by molar-refractivity contribution is 4.86. The minimum atomic E-state index is 0.482. The lowest BCUT2D eigenvalue weighted by Crippen LogP contribution is -2.44. The second-order valence-electron chi connectivity index (χ2n) is 5.37. The van der Waals surface area contributed by atoms with E-state index in [4.69, 9.17) is 4.74 Å². The Hall–Kier alpha value is -0.120. The van der Waals surface area contributed by atoms with Crippen molar-refractivity contribution in [1.29, 1.82) is 0 Å². The van der Waals surface area contributed by atoms with Crippen LogP contribution in [0.25, 0.3) is 0 Å². The number of piperidine rings is 1. The van der Waals surface area contributed by atoms with Crippen molar-refractivity contribution in [3.63, 3.8) is 0 Å². The van der Waals surface area contributed by atoms with Crippen molar-refractivity contribution in [2.45, 2.75) is 45.1 Å². The first-order chi connectivity index (χ1) is 7.85. The molecule has 0 aromatic heterocycles. The summed E-state index contributed by atoms with van der Waals surface area (Å²) >= 11 is 0. The zero-order chi connectivity index (χ0) is 11.3. The van der Waals surface area contributed by atoms with Crippen LogP contribution in [0.15, 0.2) is 0 Å². The van der Waals surface area contributed by atoms with E-state index >= 15 is 0 Å². The Morgan fingerprint density at radius 2 is 2.19 bits per heavy atom. The van der Waals surface area contributed by atoms with Crippen LogP contribution >= 0.6 is 0 Å². The van der Waals surface area contributed by atoms with Crippen LogP contribution in [0.5, 0.6) is 0 Å². The molecule has 16 heavy (non-hydrogen) atoms. The smallest absolute Gasteiger partial charge is 0.0700 e. The van der Waals surface area contributed by atoms with Crippen molar-refractivity contribution < 1.29 is 4.74 Å². The number of rotatable bonds is 5. The number of hydrogen-bond acceptors (Lipinski definition) is 3. The van der Waals surface area contributed by atoms with Crippen molar-refractivity contribution in [3.8, 4) is 0 Å². The van der Waals surface area contributed by atoms with E-state index in [2.05, 4.69) is 17.6 Å². The van der Waals surface area contributed by atoms with Crippen molar-refractivity contribution in [2.75, 3.05) is 32.8 Å². The molecule has 0 bridgehead atoms. The van der Waals surface area contributed by atoms with Gasteiger partial charge in [0.1, 0.15) is 0 Å². The summed E-state index contributed by atoms with van der Waals surface area (Å²) in [5, 5.41) is 7.09. The minimum Gasteiger partial charge on any atom is -0.377 e. The van der Waals surface area contributed by atoms with Gasteiger partial charge >= 0.3 is 0 Å².